The van der Waals surface area contributed by atoms with Crippen LogP contribution in [-0.2, 0) is 0 Å². The summed E-state index contributed by atoms with van der Waals surface area (Å²) in [6, 6.07) is 19.6. The highest BCUT2D eigenvalue weighted by Crippen LogP contribution is 2.29. The summed E-state index contributed by atoms with van der Waals surface area (Å²) >= 11 is 0. The van der Waals surface area contributed by atoms with Gasteiger partial charge in [0.15, 0.2) is 0 Å². The first-order valence-electron chi connectivity index (χ1n) is 8.62. The number of carbonyl (C=O) groups excluding carboxylic acids is 1. The van der Waals surface area contributed by atoms with Crippen LogP contribution >= 0.6 is 0 Å². The summed E-state index contributed by atoms with van der Waals surface area (Å²) < 4.78 is 13.3. The van der Waals surface area contributed by atoms with Crippen LogP contribution < -0.4 is 5.32 Å². The van der Waals surface area contributed by atoms with E-state index < -0.39 is 5.82 Å². The molecule has 0 aliphatic heterocycles. The molecular formula is C23H17FN2O. The van der Waals surface area contributed by atoms with Crippen LogP contribution in [0.4, 0.5) is 10.1 Å². The molecule has 0 fully saturated rings. The van der Waals surface area contributed by atoms with Gasteiger partial charge in [-0.15, -0.1) is 0 Å². The minimum atomic E-state index is -0.433. The van der Waals surface area contributed by atoms with E-state index in [0.29, 0.717) is 5.69 Å². The lowest BCUT2D eigenvalue weighted by Crippen LogP contribution is -2.12. The molecule has 1 amide bonds. The highest BCUT2D eigenvalue weighted by Gasteiger charge is 2.09. The number of hydrogen-bond acceptors (Lipinski definition) is 2. The van der Waals surface area contributed by atoms with Crippen LogP contribution in [-0.4, -0.2) is 10.9 Å². The standard InChI is InChI=1S/C23H17FN2O/c1-15-5-8-21(26-23(27)18-3-2-4-20(24)12-18)13-22(15)17-7-6-16-9-10-25-14-19(16)11-17/h2-14H,1H3,(H,26,27). The van der Waals surface area contributed by atoms with Crippen molar-refractivity contribution >= 4 is 22.4 Å². The van der Waals surface area contributed by atoms with Gasteiger partial charge in [-0.1, -0.05) is 24.3 Å². The van der Waals surface area contributed by atoms with Crippen molar-refractivity contribution in [1.29, 1.82) is 0 Å². The number of pyridine rings is 1. The molecule has 3 aromatic carbocycles. The Morgan fingerprint density at radius 3 is 2.70 bits per heavy atom. The topological polar surface area (TPSA) is 42.0 Å². The lowest BCUT2D eigenvalue weighted by Gasteiger charge is -2.11. The molecule has 27 heavy (non-hydrogen) atoms. The van der Waals surface area contributed by atoms with E-state index in [9.17, 15) is 9.18 Å². The van der Waals surface area contributed by atoms with Gasteiger partial charge in [-0.05, 0) is 71.5 Å². The molecule has 3 nitrogen and oxygen atoms in total. The molecule has 0 unspecified atom stereocenters. The number of halogens is 1. The van der Waals surface area contributed by atoms with Crippen molar-refractivity contribution in [3.63, 3.8) is 0 Å². The van der Waals surface area contributed by atoms with E-state index in [0.717, 1.165) is 27.5 Å². The zero-order valence-corrected chi connectivity index (χ0v) is 14.7. The van der Waals surface area contributed by atoms with E-state index in [-0.39, 0.29) is 11.5 Å². The van der Waals surface area contributed by atoms with E-state index in [1.165, 1.54) is 18.2 Å². The second-order valence-electron chi connectivity index (χ2n) is 6.43. The molecule has 0 aliphatic rings. The fraction of sp³-hybridized carbons (Fsp3) is 0.0435. The predicted molar refractivity (Wildman–Crippen MR) is 106 cm³/mol. The Kier molecular flexibility index (Phi) is 4.38. The Morgan fingerprint density at radius 1 is 0.963 bits per heavy atom. The fourth-order valence-corrected chi connectivity index (χ4v) is 3.10. The molecule has 1 aromatic heterocycles. The summed E-state index contributed by atoms with van der Waals surface area (Å²) in [6.45, 7) is 2.03. The Balaban J connectivity index is 1.67. The lowest BCUT2D eigenvalue weighted by atomic mass is 9.98. The highest BCUT2D eigenvalue weighted by atomic mass is 19.1. The summed E-state index contributed by atoms with van der Waals surface area (Å²) in [7, 11) is 0. The minimum Gasteiger partial charge on any atom is -0.322 e. The number of nitrogens with one attached hydrogen (secondary N) is 1. The van der Waals surface area contributed by atoms with Crippen molar-refractivity contribution in [2.75, 3.05) is 5.32 Å². The summed E-state index contributed by atoms with van der Waals surface area (Å²) in [5.41, 5.74) is 4.12. The predicted octanol–water partition coefficient (Wildman–Crippen LogP) is 5.60. The number of carbonyl (C=O) groups is 1. The van der Waals surface area contributed by atoms with E-state index in [4.69, 9.17) is 0 Å². The summed E-state index contributed by atoms with van der Waals surface area (Å²) in [5, 5.41) is 5.03. The molecule has 0 bridgehead atoms. The Bertz CT molecular complexity index is 1150. The maximum absolute atomic E-state index is 13.3. The second-order valence-corrected chi connectivity index (χ2v) is 6.43. The van der Waals surface area contributed by atoms with Crippen LogP contribution in [0, 0.1) is 12.7 Å². The molecule has 1 N–H and O–H groups in total. The number of anilines is 1. The minimum absolute atomic E-state index is 0.286. The van der Waals surface area contributed by atoms with Crippen LogP contribution in [0.15, 0.2) is 79.1 Å². The zero-order valence-electron chi connectivity index (χ0n) is 14.7. The molecule has 1 heterocycles. The van der Waals surface area contributed by atoms with Gasteiger partial charge in [-0.25, -0.2) is 4.39 Å². The molecule has 4 heteroatoms. The van der Waals surface area contributed by atoms with Gasteiger partial charge in [0.05, 0.1) is 0 Å². The van der Waals surface area contributed by atoms with Crippen LogP contribution in [0.25, 0.3) is 21.9 Å². The Morgan fingerprint density at radius 2 is 1.85 bits per heavy atom. The first-order valence-corrected chi connectivity index (χ1v) is 8.62. The largest absolute Gasteiger partial charge is 0.322 e. The van der Waals surface area contributed by atoms with Gasteiger partial charge >= 0.3 is 0 Å². The molecule has 0 radical (unpaired) electrons. The second kappa shape index (κ2) is 7.00. The third-order valence-electron chi connectivity index (χ3n) is 4.53. The van der Waals surface area contributed by atoms with Crippen molar-refractivity contribution in [3.8, 4) is 11.1 Å². The number of fused-ring (bicyclic) bond motifs is 1. The van der Waals surface area contributed by atoms with Gasteiger partial charge in [0.1, 0.15) is 5.82 Å². The number of aromatic nitrogens is 1. The summed E-state index contributed by atoms with van der Waals surface area (Å²) in [5.74, 6) is -0.774. The fourth-order valence-electron chi connectivity index (χ4n) is 3.10. The van der Waals surface area contributed by atoms with Crippen molar-refractivity contribution in [2.24, 2.45) is 0 Å². The molecule has 0 aliphatic carbocycles. The molecule has 0 saturated carbocycles. The van der Waals surface area contributed by atoms with Crippen LogP contribution in [0.1, 0.15) is 15.9 Å². The Hall–Kier alpha value is -3.53. The summed E-state index contributed by atoms with van der Waals surface area (Å²) in [6.07, 6.45) is 3.61. The number of nitrogens with zero attached hydrogens (tertiary/aromatic N) is 1. The van der Waals surface area contributed by atoms with Gasteiger partial charge in [0.25, 0.3) is 5.91 Å². The van der Waals surface area contributed by atoms with Crippen molar-refractivity contribution in [3.05, 3.63) is 96.1 Å². The average Bonchev–Trinajstić information content (AvgIpc) is 2.69. The Labute approximate surface area is 156 Å². The molecule has 4 aromatic rings. The normalized spacial score (nSPS) is 10.7. The number of benzene rings is 3. The monoisotopic (exact) mass is 356 g/mol. The molecule has 4 rings (SSSR count). The van der Waals surface area contributed by atoms with E-state index in [1.54, 1.807) is 12.3 Å². The van der Waals surface area contributed by atoms with Crippen molar-refractivity contribution in [1.82, 2.24) is 4.98 Å². The number of aryl methyl sites for hydroxylation is 1. The SMILES string of the molecule is Cc1ccc(NC(=O)c2cccc(F)c2)cc1-c1ccc2ccncc2c1. The number of hydrogen-bond donors (Lipinski definition) is 1. The van der Waals surface area contributed by atoms with Crippen LogP contribution in [0.3, 0.4) is 0 Å². The third kappa shape index (κ3) is 3.55. The lowest BCUT2D eigenvalue weighted by molar-refractivity contribution is 0.102. The molecular weight excluding hydrogens is 339 g/mol. The van der Waals surface area contributed by atoms with E-state index >= 15 is 0 Å². The summed E-state index contributed by atoms with van der Waals surface area (Å²) in [4.78, 5) is 16.6. The molecule has 0 spiro atoms. The van der Waals surface area contributed by atoms with Gasteiger partial charge in [0.2, 0.25) is 0 Å². The average molecular weight is 356 g/mol. The quantitative estimate of drug-likeness (QED) is 0.519. The number of amides is 1. The van der Waals surface area contributed by atoms with Gasteiger partial charge < -0.3 is 5.32 Å². The third-order valence-corrected chi connectivity index (χ3v) is 4.53. The van der Waals surface area contributed by atoms with Gasteiger partial charge in [0, 0.05) is 29.0 Å². The van der Waals surface area contributed by atoms with Crippen molar-refractivity contribution in [2.45, 2.75) is 6.92 Å². The van der Waals surface area contributed by atoms with Crippen LogP contribution in [0.5, 0.6) is 0 Å². The molecule has 0 saturated heterocycles. The number of rotatable bonds is 3. The van der Waals surface area contributed by atoms with Crippen molar-refractivity contribution < 1.29 is 9.18 Å². The molecule has 0 atom stereocenters. The maximum Gasteiger partial charge on any atom is 0.255 e. The van der Waals surface area contributed by atoms with Crippen LogP contribution in [0.2, 0.25) is 0 Å². The van der Waals surface area contributed by atoms with Gasteiger partial charge in [-0.2, -0.15) is 0 Å². The first kappa shape index (κ1) is 16.9. The highest BCUT2D eigenvalue weighted by molar-refractivity contribution is 6.04. The zero-order chi connectivity index (χ0) is 18.8. The van der Waals surface area contributed by atoms with E-state index in [2.05, 4.69) is 28.5 Å². The van der Waals surface area contributed by atoms with E-state index in [1.807, 2.05) is 37.4 Å². The molecule has 132 valence electrons. The van der Waals surface area contributed by atoms with Gasteiger partial charge in [-0.3, -0.25) is 9.78 Å². The smallest absolute Gasteiger partial charge is 0.255 e. The maximum atomic E-state index is 13.3. The first-order chi connectivity index (χ1) is 13.1.